The first-order valence-electron chi connectivity index (χ1n) is 13.3. The Kier molecular flexibility index (Phi) is 7.21. The number of aryl methyl sites for hydroxylation is 1. The second kappa shape index (κ2) is 10.8. The van der Waals surface area contributed by atoms with Gasteiger partial charge in [-0.05, 0) is 68.0 Å². The van der Waals surface area contributed by atoms with Crippen LogP contribution in [-0.4, -0.2) is 38.7 Å². The molecule has 0 atom stereocenters. The normalized spacial score (nSPS) is 13.1. The summed E-state index contributed by atoms with van der Waals surface area (Å²) in [7, 11) is 1.89. The van der Waals surface area contributed by atoms with Crippen molar-refractivity contribution in [3.8, 4) is 22.4 Å². The van der Waals surface area contributed by atoms with E-state index in [1.165, 1.54) is 19.7 Å². The van der Waals surface area contributed by atoms with Crippen LogP contribution < -0.4 is 16.4 Å². The molecular weight excluding hydrogens is 504 g/mol. The quantitative estimate of drug-likeness (QED) is 0.211. The number of hydrogen-bond donors (Lipinski definition) is 3. The number of aromatic nitrogens is 3. The molecule has 2 aromatic heterocycles. The van der Waals surface area contributed by atoms with Crippen LogP contribution in [0.4, 0.5) is 11.5 Å². The number of Topliss-reactive ketones (excluding diaryl/α,β-unsaturated/α-hetero) is 1. The molecule has 0 radical (unpaired) electrons. The summed E-state index contributed by atoms with van der Waals surface area (Å²) >= 11 is 0. The number of fused-ring (bicyclic) bond motifs is 1. The van der Waals surface area contributed by atoms with Gasteiger partial charge in [0, 0.05) is 36.0 Å². The molecule has 1 saturated carbocycles. The van der Waals surface area contributed by atoms with Crippen LogP contribution in [0.5, 0.6) is 0 Å². The Morgan fingerprint density at radius 1 is 1.02 bits per heavy atom. The van der Waals surface area contributed by atoms with Crippen LogP contribution in [0.15, 0.2) is 60.9 Å². The molecule has 40 heavy (non-hydrogen) atoms. The van der Waals surface area contributed by atoms with Crippen molar-refractivity contribution in [3.63, 3.8) is 0 Å². The molecule has 0 saturated heterocycles. The molecule has 2 amide bonds. The van der Waals surface area contributed by atoms with Crippen molar-refractivity contribution in [3.05, 3.63) is 72.1 Å². The van der Waals surface area contributed by atoms with E-state index in [2.05, 4.69) is 27.2 Å². The number of carbonyl (C=O) groups excluding carboxylic acids is 3. The van der Waals surface area contributed by atoms with E-state index in [-0.39, 0.29) is 17.6 Å². The first kappa shape index (κ1) is 26.8. The fraction of sp³-hybridized carbons (Fsp3) is 0.258. The number of benzene rings is 2. The lowest BCUT2D eigenvalue weighted by atomic mass is 9.85. The lowest BCUT2D eigenvalue weighted by Gasteiger charge is -2.25. The third-order valence-electron chi connectivity index (χ3n) is 7.51. The number of nitrogens with zero attached hydrogens (tertiary/aromatic N) is 3. The van der Waals surface area contributed by atoms with Gasteiger partial charge in [-0.1, -0.05) is 31.2 Å². The predicted octanol–water partition coefficient (Wildman–Crippen LogP) is 5.13. The van der Waals surface area contributed by atoms with Gasteiger partial charge >= 0.3 is 0 Å². The molecule has 0 bridgehead atoms. The van der Waals surface area contributed by atoms with Crippen LogP contribution in [0, 0.1) is 5.92 Å². The van der Waals surface area contributed by atoms with Crippen LogP contribution in [-0.2, 0) is 11.8 Å². The number of anilines is 2. The molecule has 0 spiro atoms. The van der Waals surface area contributed by atoms with E-state index in [0.717, 1.165) is 29.7 Å². The Bertz CT molecular complexity index is 1660. The summed E-state index contributed by atoms with van der Waals surface area (Å²) in [6.45, 7) is 7.40. The zero-order valence-electron chi connectivity index (χ0n) is 22.9. The molecule has 1 aliphatic carbocycles. The lowest BCUT2D eigenvalue weighted by Crippen LogP contribution is -2.32. The van der Waals surface area contributed by atoms with E-state index in [1.807, 2.05) is 41.9 Å². The lowest BCUT2D eigenvalue weighted by molar-refractivity contribution is -0.112. The first-order valence-corrected chi connectivity index (χ1v) is 13.3. The van der Waals surface area contributed by atoms with E-state index < -0.39 is 0 Å². The highest BCUT2D eigenvalue weighted by molar-refractivity contribution is 6.11. The molecule has 1 aliphatic rings. The largest absolute Gasteiger partial charge is 0.383 e. The zero-order valence-corrected chi connectivity index (χ0v) is 22.9. The minimum atomic E-state index is -0.255. The van der Waals surface area contributed by atoms with E-state index >= 15 is 0 Å². The molecule has 9 nitrogen and oxygen atoms in total. The molecule has 5 rings (SSSR count). The minimum absolute atomic E-state index is 0.209. The molecule has 204 valence electrons. The molecule has 0 unspecified atom stereocenters. The van der Waals surface area contributed by atoms with Crippen LogP contribution >= 0.6 is 0 Å². The van der Waals surface area contributed by atoms with Crippen molar-refractivity contribution in [1.29, 1.82) is 0 Å². The van der Waals surface area contributed by atoms with Gasteiger partial charge in [-0.3, -0.25) is 14.4 Å². The molecule has 4 N–H and O–H groups in total. The summed E-state index contributed by atoms with van der Waals surface area (Å²) in [5, 5.41) is 6.45. The van der Waals surface area contributed by atoms with Crippen LogP contribution in [0.1, 0.15) is 53.8 Å². The number of ketones is 1. The average Bonchev–Trinajstić information content (AvgIpc) is 3.21. The van der Waals surface area contributed by atoms with Gasteiger partial charge in [0.15, 0.2) is 5.78 Å². The fourth-order valence-corrected chi connectivity index (χ4v) is 5.06. The number of rotatable bonds is 8. The average molecular weight is 537 g/mol. The highest BCUT2D eigenvalue weighted by atomic mass is 16.2. The third-order valence-corrected chi connectivity index (χ3v) is 7.51. The van der Waals surface area contributed by atoms with Crippen LogP contribution in [0.25, 0.3) is 33.4 Å². The van der Waals surface area contributed by atoms with E-state index in [0.29, 0.717) is 57.3 Å². The Labute approximate surface area is 232 Å². The fourth-order valence-electron chi connectivity index (χ4n) is 5.06. The molecule has 1 fully saturated rings. The highest BCUT2D eigenvalue weighted by Crippen LogP contribution is 2.42. The van der Waals surface area contributed by atoms with Gasteiger partial charge in [0.05, 0.1) is 16.6 Å². The summed E-state index contributed by atoms with van der Waals surface area (Å²) in [5.41, 5.74) is 11.8. The monoisotopic (exact) mass is 536 g/mol. The predicted molar refractivity (Wildman–Crippen MR) is 157 cm³/mol. The minimum Gasteiger partial charge on any atom is -0.383 e. The first-order chi connectivity index (χ1) is 19.2. The van der Waals surface area contributed by atoms with Crippen molar-refractivity contribution in [1.82, 2.24) is 19.9 Å². The Morgan fingerprint density at radius 2 is 1.73 bits per heavy atom. The molecule has 9 heteroatoms. The number of carbonyl (C=O) groups is 3. The number of nitrogen functional groups attached to an aromatic ring is 1. The second-order valence-corrected chi connectivity index (χ2v) is 10.4. The summed E-state index contributed by atoms with van der Waals surface area (Å²) in [6.07, 6.45) is 4.85. The van der Waals surface area contributed by atoms with Gasteiger partial charge in [0.2, 0.25) is 0 Å². The molecule has 2 heterocycles. The molecular formula is C31H32N6O3. The number of nitrogens with two attached hydrogens (primary N) is 1. The maximum atomic E-state index is 13.0. The Hall–Kier alpha value is -4.79. The smallest absolute Gasteiger partial charge is 0.252 e. The highest BCUT2D eigenvalue weighted by Gasteiger charge is 2.25. The van der Waals surface area contributed by atoms with Crippen LogP contribution in [0.2, 0.25) is 0 Å². The van der Waals surface area contributed by atoms with Gasteiger partial charge in [-0.25, -0.2) is 9.97 Å². The topological polar surface area (TPSA) is 132 Å². The van der Waals surface area contributed by atoms with Crippen molar-refractivity contribution in [2.75, 3.05) is 17.6 Å². The van der Waals surface area contributed by atoms with E-state index in [9.17, 15) is 14.4 Å². The summed E-state index contributed by atoms with van der Waals surface area (Å²) in [4.78, 5) is 46.6. The number of hydrogen-bond acceptors (Lipinski definition) is 6. The maximum Gasteiger partial charge on any atom is 0.252 e. The van der Waals surface area contributed by atoms with Crippen molar-refractivity contribution in [2.45, 2.75) is 33.1 Å². The molecule has 2 aromatic carbocycles. The SMILES string of the molecule is C=C(C)C(=O)Nc1ccc(-c2c(-c3ccc(C(=O)NCC4CCC4)c(C(C)=O)c3)c3c(N)ncnc3n2C)cc1. The number of nitrogens with one attached hydrogen (secondary N) is 2. The molecule has 0 aliphatic heterocycles. The van der Waals surface area contributed by atoms with Crippen molar-refractivity contribution in [2.24, 2.45) is 13.0 Å². The van der Waals surface area contributed by atoms with Gasteiger partial charge in [0.25, 0.3) is 11.8 Å². The van der Waals surface area contributed by atoms with Gasteiger partial charge in [-0.2, -0.15) is 0 Å². The Balaban J connectivity index is 1.61. The van der Waals surface area contributed by atoms with E-state index in [4.69, 9.17) is 5.73 Å². The second-order valence-electron chi connectivity index (χ2n) is 10.4. The maximum absolute atomic E-state index is 13.0. The molecule has 4 aromatic rings. The standard InChI is InChI=1S/C31H32N6O3/c1-17(2)30(39)36-22-11-8-20(9-12-22)27-25(26-28(32)34-16-35-29(26)37(27)4)21-10-13-23(24(14-21)18(3)38)31(40)33-15-19-6-5-7-19/h8-14,16,19H,1,5-7,15H2,2-4H3,(H,33,40)(H,36,39)(H2,32,34,35). The van der Waals surface area contributed by atoms with Gasteiger partial charge in [-0.15, -0.1) is 0 Å². The van der Waals surface area contributed by atoms with Crippen LogP contribution in [0.3, 0.4) is 0 Å². The van der Waals surface area contributed by atoms with E-state index in [1.54, 1.807) is 19.1 Å². The number of amides is 2. The third kappa shape index (κ3) is 4.98. The zero-order chi connectivity index (χ0) is 28.6. The summed E-state index contributed by atoms with van der Waals surface area (Å²) in [6, 6.07) is 12.7. The van der Waals surface area contributed by atoms with Crippen molar-refractivity contribution < 1.29 is 14.4 Å². The Morgan fingerprint density at radius 3 is 2.35 bits per heavy atom. The van der Waals surface area contributed by atoms with Gasteiger partial charge in [0.1, 0.15) is 17.8 Å². The summed E-state index contributed by atoms with van der Waals surface area (Å²) < 4.78 is 1.93. The van der Waals surface area contributed by atoms with Gasteiger partial charge < -0.3 is 20.9 Å². The summed E-state index contributed by atoms with van der Waals surface area (Å²) in [5.74, 6) is 0.0931. The van der Waals surface area contributed by atoms with Crippen molar-refractivity contribution >= 4 is 40.1 Å².